The molecule has 0 aliphatic carbocycles. The van der Waals surface area contributed by atoms with Gasteiger partial charge in [-0.15, -0.1) is 0 Å². The lowest BCUT2D eigenvalue weighted by atomic mass is 10.1. The maximum atomic E-state index is 13.0. The lowest BCUT2D eigenvalue weighted by molar-refractivity contribution is -0.116. The van der Waals surface area contributed by atoms with E-state index in [1.807, 2.05) is 19.9 Å². The Hall–Kier alpha value is -2.87. The van der Waals surface area contributed by atoms with Gasteiger partial charge in [0.05, 0.1) is 24.1 Å². The van der Waals surface area contributed by atoms with Crippen LogP contribution in [0.15, 0.2) is 36.4 Å². The number of anilines is 2. The van der Waals surface area contributed by atoms with Gasteiger partial charge in [-0.3, -0.25) is 9.10 Å². The van der Waals surface area contributed by atoms with Crippen LogP contribution in [0.2, 0.25) is 0 Å². The molecule has 1 atom stereocenters. The van der Waals surface area contributed by atoms with E-state index in [1.54, 1.807) is 38.1 Å². The summed E-state index contributed by atoms with van der Waals surface area (Å²) >= 11 is 0. The van der Waals surface area contributed by atoms with Crippen molar-refractivity contribution < 1.29 is 22.7 Å². The van der Waals surface area contributed by atoms with Gasteiger partial charge in [-0.05, 0) is 75.6 Å². The monoisotopic (exact) mass is 432 g/mol. The number of nitrogens with zero attached hydrogens (tertiary/aromatic N) is 1. The Balaban J connectivity index is 2.35. The molecule has 1 N–H and O–H groups in total. The first-order chi connectivity index (χ1) is 14.0. The maximum absolute atomic E-state index is 13.0. The Morgan fingerprint density at radius 2 is 1.67 bits per heavy atom. The van der Waals surface area contributed by atoms with Crippen LogP contribution in [-0.2, 0) is 19.6 Å². The summed E-state index contributed by atoms with van der Waals surface area (Å²) in [5.74, 6) is -1.00. The molecular weight excluding hydrogens is 404 g/mol. The third-order valence-corrected chi connectivity index (χ3v) is 6.08. The molecule has 0 aliphatic rings. The van der Waals surface area contributed by atoms with Gasteiger partial charge in [0.2, 0.25) is 15.9 Å². The highest BCUT2D eigenvalue weighted by Gasteiger charge is 2.29. The van der Waals surface area contributed by atoms with E-state index in [1.165, 1.54) is 13.0 Å². The molecule has 0 saturated carbocycles. The zero-order chi connectivity index (χ0) is 22.6. The molecule has 1 amide bonds. The largest absolute Gasteiger partial charge is 0.462 e. The predicted octanol–water partition coefficient (Wildman–Crippen LogP) is 3.58. The minimum absolute atomic E-state index is 0.241. The smallest absolute Gasteiger partial charge is 0.338 e. The van der Waals surface area contributed by atoms with Crippen LogP contribution in [0.25, 0.3) is 0 Å². The second-order valence-corrected chi connectivity index (χ2v) is 9.10. The normalized spacial score (nSPS) is 12.2. The number of carbonyl (C=O) groups excluding carboxylic acids is 2. The number of sulfonamides is 1. The Morgan fingerprint density at radius 3 is 2.23 bits per heavy atom. The second kappa shape index (κ2) is 9.30. The Kier molecular flexibility index (Phi) is 7.25. The number of nitrogens with one attached hydrogen (secondary N) is 1. The van der Waals surface area contributed by atoms with Crippen molar-refractivity contribution in [2.45, 2.75) is 40.7 Å². The summed E-state index contributed by atoms with van der Waals surface area (Å²) in [5.41, 5.74) is 3.83. The summed E-state index contributed by atoms with van der Waals surface area (Å²) in [6.45, 7) is 9.07. The van der Waals surface area contributed by atoms with Crippen LogP contribution in [0.3, 0.4) is 0 Å². The van der Waals surface area contributed by atoms with Gasteiger partial charge in [-0.25, -0.2) is 13.2 Å². The topological polar surface area (TPSA) is 92.8 Å². The fourth-order valence-electron chi connectivity index (χ4n) is 3.01. The molecule has 0 heterocycles. The number of carbonyl (C=O) groups is 2. The van der Waals surface area contributed by atoms with Crippen molar-refractivity contribution in [3.05, 3.63) is 58.7 Å². The number of benzene rings is 2. The molecule has 0 aliphatic heterocycles. The van der Waals surface area contributed by atoms with Crippen molar-refractivity contribution in [2.24, 2.45) is 0 Å². The summed E-state index contributed by atoms with van der Waals surface area (Å²) in [6.07, 6.45) is 1.07. The van der Waals surface area contributed by atoms with Crippen molar-refractivity contribution in [3.63, 3.8) is 0 Å². The van der Waals surface area contributed by atoms with E-state index < -0.39 is 27.9 Å². The van der Waals surface area contributed by atoms with E-state index in [-0.39, 0.29) is 6.61 Å². The van der Waals surface area contributed by atoms with Crippen molar-refractivity contribution in [1.29, 1.82) is 0 Å². The molecule has 1 unspecified atom stereocenters. The zero-order valence-electron chi connectivity index (χ0n) is 18.1. The molecule has 0 saturated heterocycles. The highest BCUT2D eigenvalue weighted by Crippen LogP contribution is 2.25. The molecule has 2 aromatic rings. The van der Waals surface area contributed by atoms with E-state index in [2.05, 4.69) is 5.32 Å². The number of ether oxygens (including phenoxy) is 1. The van der Waals surface area contributed by atoms with Crippen LogP contribution < -0.4 is 9.62 Å². The fraction of sp³-hybridized carbons (Fsp3) is 0.364. The van der Waals surface area contributed by atoms with Crippen LogP contribution in [0, 0.1) is 20.8 Å². The van der Waals surface area contributed by atoms with E-state index in [4.69, 9.17) is 4.74 Å². The molecule has 2 rings (SSSR count). The van der Waals surface area contributed by atoms with Crippen LogP contribution >= 0.6 is 0 Å². The van der Waals surface area contributed by atoms with E-state index in [0.29, 0.717) is 16.9 Å². The number of amides is 1. The Labute approximate surface area is 178 Å². The molecule has 0 radical (unpaired) electrons. The van der Waals surface area contributed by atoms with Crippen molar-refractivity contribution in [1.82, 2.24) is 0 Å². The number of rotatable bonds is 7. The lowest BCUT2D eigenvalue weighted by Crippen LogP contribution is -2.45. The number of esters is 1. The lowest BCUT2D eigenvalue weighted by Gasteiger charge is -2.29. The van der Waals surface area contributed by atoms with Gasteiger partial charge in [0.25, 0.3) is 0 Å². The predicted molar refractivity (Wildman–Crippen MR) is 118 cm³/mol. The molecule has 7 nitrogen and oxygen atoms in total. The van der Waals surface area contributed by atoms with Crippen LogP contribution in [0.1, 0.15) is 40.9 Å². The second-order valence-electron chi connectivity index (χ2n) is 7.24. The van der Waals surface area contributed by atoms with Crippen LogP contribution in [0.5, 0.6) is 0 Å². The van der Waals surface area contributed by atoms with Gasteiger partial charge in [0.15, 0.2) is 0 Å². The molecule has 0 fully saturated rings. The molecule has 0 aromatic heterocycles. The van der Waals surface area contributed by atoms with Gasteiger partial charge >= 0.3 is 5.97 Å². The van der Waals surface area contributed by atoms with Crippen molar-refractivity contribution >= 4 is 33.3 Å². The first-order valence-electron chi connectivity index (χ1n) is 9.61. The SMILES string of the molecule is CCOC(=O)c1ccc(C)c(NC(=O)C(C)N(c2ccc(C)c(C)c2)S(C)(=O)=O)c1. The molecule has 162 valence electrons. The van der Waals surface area contributed by atoms with Gasteiger partial charge in [0, 0.05) is 5.69 Å². The highest BCUT2D eigenvalue weighted by molar-refractivity contribution is 7.92. The summed E-state index contributed by atoms with van der Waals surface area (Å²) < 4.78 is 31.1. The van der Waals surface area contributed by atoms with Gasteiger partial charge in [0.1, 0.15) is 6.04 Å². The molecule has 2 aromatic carbocycles. The summed E-state index contributed by atoms with van der Waals surface area (Å²) in [6, 6.07) is 9.08. The first-order valence-corrected chi connectivity index (χ1v) is 11.5. The number of aryl methyl sites for hydroxylation is 3. The third-order valence-electron chi connectivity index (χ3n) is 4.84. The molecule has 8 heteroatoms. The highest BCUT2D eigenvalue weighted by atomic mass is 32.2. The van der Waals surface area contributed by atoms with Crippen molar-refractivity contribution in [2.75, 3.05) is 22.5 Å². The summed E-state index contributed by atoms with van der Waals surface area (Å²) in [7, 11) is -3.72. The zero-order valence-corrected chi connectivity index (χ0v) is 19.0. The average molecular weight is 433 g/mol. The standard InChI is InChI=1S/C22H28N2O5S/c1-7-29-22(26)18-10-8-15(3)20(13-18)23-21(25)17(5)24(30(6,27)28)19-11-9-14(2)16(4)12-19/h8-13,17H,7H2,1-6H3,(H,23,25). The third kappa shape index (κ3) is 5.38. The maximum Gasteiger partial charge on any atom is 0.338 e. The number of hydrogen-bond acceptors (Lipinski definition) is 5. The quantitative estimate of drug-likeness (QED) is 0.675. The van der Waals surface area contributed by atoms with Gasteiger partial charge in [-0.2, -0.15) is 0 Å². The van der Waals surface area contributed by atoms with E-state index >= 15 is 0 Å². The van der Waals surface area contributed by atoms with Gasteiger partial charge in [-0.1, -0.05) is 12.1 Å². The molecular formula is C22H28N2O5S. The van der Waals surface area contributed by atoms with E-state index in [0.717, 1.165) is 27.3 Å². The molecule has 30 heavy (non-hydrogen) atoms. The minimum atomic E-state index is -3.72. The van der Waals surface area contributed by atoms with Crippen LogP contribution in [0.4, 0.5) is 11.4 Å². The Morgan fingerprint density at radius 1 is 1.03 bits per heavy atom. The van der Waals surface area contributed by atoms with E-state index in [9.17, 15) is 18.0 Å². The van der Waals surface area contributed by atoms with Crippen molar-refractivity contribution in [3.8, 4) is 0 Å². The van der Waals surface area contributed by atoms with Gasteiger partial charge < -0.3 is 10.1 Å². The molecule has 0 spiro atoms. The molecule has 0 bridgehead atoms. The number of hydrogen-bond donors (Lipinski definition) is 1. The first kappa shape index (κ1) is 23.4. The minimum Gasteiger partial charge on any atom is -0.462 e. The summed E-state index contributed by atoms with van der Waals surface area (Å²) in [4.78, 5) is 24.9. The fourth-order valence-corrected chi connectivity index (χ4v) is 4.17. The summed E-state index contributed by atoms with van der Waals surface area (Å²) in [5, 5.41) is 2.74. The Bertz CT molecular complexity index is 1060. The van der Waals surface area contributed by atoms with Crippen LogP contribution in [-0.4, -0.2) is 39.2 Å². The average Bonchev–Trinajstić information content (AvgIpc) is 2.65.